The molecule has 0 unspecified atom stereocenters. The fourth-order valence-corrected chi connectivity index (χ4v) is 2.27. The molecule has 0 spiro atoms. The van der Waals surface area contributed by atoms with Crippen LogP contribution in [0.5, 0.6) is 0 Å². The lowest BCUT2D eigenvalue weighted by atomic mass is 10.2. The highest BCUT2D eigenvalue weighted by atomic mass is 32.2. The van der Waals surface area contributed by atoms with Gasteiger partial charge in [0.15, 0.2) is 0 Å². The average molecular weight is 310 g/mol. The molecule has 0 saturated carbocycles. The molecular weight excluding hydrogens is 296 g/mol. The van der Waals surface area contributed by atoms with Crippen molar-refractivity contribution >= 4 is 27.4 Å². The second kappa shape index (κ2) is 5.88. The fraction of sp³-hybridized carbons (Fsp3) is 0.154. The van der Waals surface area contributed by atoms with E-state index in [4.69, 9.17) is 9.52 Å². The second-order valence-corrected chi connectivity index (χ2v) is 6.09. The highest BCUT2D eigenvalue weighted by Crippen LogP contribution is 2.22. The summed E-state index contributed by atoms with van der Waals surface area (Å²) in [6.07, 6.45) is 1.06. The number of carboxylic acid groups (broad SMARTS) is 1. The Kier molecular flexibility index (Phi) is 4.18. The summed E-state index contributed by atoms with van der Waals surface area (Å²) in [6, 6.07) is 9.68. The topological polar surface area (TPSA) is 109 Å². The van der Waals surface area contributed by atoms with Gasteiger partial charge in [-0.05, 0) is 24.3 Å². The van der Waals surface area contributed by atoms with Crippen LogP contribution in [0.15, 0.2) is 40.8 Å². The number of hydrogen-bond donors (Lipinski definition) is 3. The van der Waals surface area contributed by atoms with Gasteiger partial charge in [-0.3, -0.25) is 4.72 Å². The molecule has 1 aromatic heterocycles. The van der Waals surface area contributed by atoms with Crippen molar-refractivity contribution in [3.63, 3.8) is 0 Å². The lowest BCUT2D eigenvalue weighted by Gasteiger charge is -2.11. The minimum atomic E-state index is -3.38. The number of hydrogen-bond acceptors (Lipinski definition) is 5. The van der Waals surface area contributed by atoms with Crippen LogP contribution in [0.3, 0.4) is 0 Å². The molecule has 7 nitrogen and oxygen atoms in total. The van der Waals surface area contributed by atoms with Crippen molar-refractivity contribution in [1.29, 1.82) is 0 Å². The summed E-state index contributed by atoms with van der Waals surface area (Å²) in [5, 5.41) is 11.8. The Bertz CT molecular complexity index is 751. The maximum atomic E-state index is 11.3. The van der Waals surface area contributed by atoms with Gasteiger partial charge in [-0.15, -0.1) is 0 Å². The molecule has 0 aliphatic rings. The highest BCUT2D eigenvalue weighted by molar-refractivity contribution is 7.92. The van der Waals surface area contributed by atoms with Crippen LogP contribution in [0.4, 0.5) is 11.4 Å². The van der Waals surface area contributed by atoms with Crippen LogP contribution in [0.1, 0.15) is 16.3 Å². The van der Waals surface area contributed by atoms with Crippen molar-refractivity contribution in [2.24, 2.45) is 0 Å². The summed E-state index contributed by atoms with van der Waals surface area (Å²) < 4.78 is 30.1. The van der Waals surface area contributed by atoms with Crippen molar-refractivity contribution in [3.8, 4) is 0 Å². The predicted molar refractivity (Wildman–Crippen MR) is 77.9 cm³/mol. The number of aromatic carboxylic acids is 1. The molecule has 0 atom stereocenters. The van der Waals surface area contributed by atoms with Gasteiger partial charge in [0, 0.05) is 0 Å². The Morgan fingerprint density at radius 2 is 1.86 bits per heavy atom. The van der Waals surface area contributed by atoms with Crippen LogP contribution < -0.4 is 10.0 Å². The number of carboxylic acids is 1. The van der Waals surface area contributed by atoms with Gasteiger partial charge in [0.05, 0.1) is 24.2 Å². The number of furan rings is 1. The molecule has 0 saturated heterocycles. The summed E-state index contributed by atoms with van der Waals surface area (Å²) in [7, 11) is -3.38. The van der Waals surface area contributed by atoms with Gasteiger partial charge >= 0.3 is 5.97 Å². The van der Waals surface area contributed by atoms with Gasteiger partial charge < -0.3 is 14.8 Å². The van der Waals surface area contributed by atoms with Crippen molar-refractivity contribution in [2.45, 2.75) is 6.54 Å². The Morgan fingerprint density at radius 1 is 1.19 bits per heavy atom. The molecule has 3 N–H and O–H groups in total. The smallest absolute Gasteiger partial charge is 0.371 e. The zero-order chi connectivity index (χ0) is 15.5. The van der Waals surface area contributed by atoms with E-state index in [0.717, 1.165) is 6.26 Å². The summed E-state index contributed by atoms with van der Waals surface area (Å²) in [5.74, 6) is -0.851. The first-order valence-corrected chi connectivity index (χ1v) is 7.87. The zero-order valence-corrected chi connectivity index (χ0v) is 12.0. The highest BCUT2D eigenvalue weighted by Gasteiger charge is 2.10. The first kappa shape index (κ1) is 14.9. The Morgan fingerprint density at radius 3 is 2.43 bits per heavy atom. The number of anilines is 2. The third-order valence-electron chi connectivity index (χ3n) is 2.55. The number of benzene rings is 1. The molecular formula is C13H14N2O5S. The number of carbonyl (C=O) groups is 1. The van der Waals surface area contributed by atoms with E-state index in [1.165, 1.54) is 6.07 Å². The molecule has 1 heterocycles. The largest absolute Gasteiger partial charge is 0.475 e. The van der Waals surface area contributed by atoms with E-state index in [9.17, 15) is 13.2 Å². The molecule has 0 radical (unpaired) electrons. The van der Waals surface area contributed by atoms with Crippen LogP contribution >= 0.6 is 0 Å². The fourth-order valence-electron chi connectivity index (χ4n) is 1.70. The summed E-state index contributed by atoms with van der Waals surface area (Å²) in [6.45, 7) is 0.232. The molecule has 2 aromatic rings. The molecule has 0 aliphatic carbocycles. The first-order chi connectivity index (χ1) is 9.85. The summed E-state index contributed by atoms with van der Waals surface area (Å²) >= 11 is 0. The molecule has 0 bridgehead atoms. The molecule has 2 rings (SSSR count). The van der Waals surface area contributed by atoms with Gasteiger partial charge in [0.25, 0.3) is 0 Å². The number of nitrogens with one attached hydrogen (secondary N) is 2. The third kappa shape index (κ3) is 4.25. The van der Waals surface area contributed by atoms with Gasteiger partial charge in [0.2, 0.25) is 15.8 Å². The Hall–Kier alpha value is -2.48. The Labute approximate surface area is 121 Å². The molecule has 8 heteroatoms. The van der Waals surface area contributed by atoms with Crippen LogP contribution in [0, 0.1) is 0 Å². The maximum absolute atomic E-state index is 11.3. The lowest BCUT2D eigenvalue weighted by molar-refractivity contribution is 0.0660. The number of para-hydroxylation sites is 2. The van der Waals surface area contributed by atoms with Gasteiger partial charge in [-0.1, -0.05) is 12.1 Å². The quantitative estimate of drug-likeness (QED) is 0.752. The van der Waals surface area contributed by atoms with Crippen molar-refractivity contribution < 1.29 is 22.7 Å². The normalized spacial score (nSPS) is 11.1. The minimum absolute atomic E-state index is 0.144. The Balaban J connectivity index is 2.10. The van der Waals surface area contributed by atoms with Gasteiger partial charge in [0.1, 0.15) is 5.76 Å². The predicted octanol–water partition coefficient (Wildman–Crippen LogP) is 1.96. The van der Waals surface area contributed by atoms with Crippen LogP contribution in [0.25, 0.3) is 0 Å². The summed E-state index contributed by atoms with van der Waals surface area (Å²) in [5.41, 5.74) is 0.973. The summed E-state index contributed by atoms with van der Waals surface area (Å²) in [4.78, 5) is 10.7. The first-order valence-electron chi connectivity index (χ1n) is 5.98. The van der Waals surface area contributed by atoms with Crippen molar-refractivity contribution in [3.05, 3.63) is 47.9 Å². The van der Waals surface area contributed by atoms with Crippen molar-refractivity contribution in [2.75, 3.05) is 16.3 Å². The van der Waals surface area contributed by atoms with Crippen molar-refractivity contribution in [1.82, 2.24) is 0 Å². The maximum Gasteiger partial charge on any atom is 0.371 e. The van der Waals surface area contributed by atoms with Gasteiger partial charge in [-0.25, -0.2) is 13.2 Å². The van der Waals surface area contributed by atoms with E-state index in [-0.39, 0.29) is 12.3 Å². The number of rotatable bonds is 6. The average Bonchev–Trinajstić information content (AvgIpc) is 2.85. The SMILES string of the molecule is CS(=O)(=O)Nc1ccccc1NCc1ccc(C(=O)O)o1. The molecule has 0 aliphatic heterocycles. The van der Waals surface area contributed by atoms with E-state index in [1.54, 1.807) is 30.3 Å². The van der Waals surface area contributed by atoms with E-state index in [2.05, 4.69) is 10.0 Å². The monoisotopic (exact) mass is 310 g/mol. The van der Waals surface area contributed by atoms with E-state index in [0.29, 0.717) is 17.1 Å². The number of sulfonamides is 1. The van der Waals surface area contributed by atoms with E-state index in [1.807, 2.05) is 0 Å². The standard InChI is InChI=1S/C13H14N2O5S/c1-21(18,19)15-11-5-3-2-4-10(11)14-8-9-6-7-12(20-9)13(16)17/h2-7,14-15H,8H2,1H3,(H,16,17). The van der Waals surface area contributed by atoms with E-state index >= 15 is 0 Å². The van der Waals surface area contributed by atoms with Crippen LogP contribution in [-0.4, -0.2) is 25.7 Å². The molecule has 1 aromatic carbocycles. The van der Waals surface area contributed by atoms with Crippen LogP contribution in [-0.2, 0) is 16.6 Å². The molecule has 112 valence electrons. The molecule has 21 heavy (non-hydrogen) atoms. The van der Waals surface area contributed by atoms with E-state index < -0.39 is 16.0 Å². The van der Waals surface area contributed by atoms with Gasteiger partial charge in [-0.2, -0.15) is 0 Å². The zero-order valence-electron chi connectivity index (χ0n) is 11.2. The molecule has 0 amide bonds. The third-order valence-corrected chi connectivity index (χ3v) is 3.14. The second-order valence-electron chi connectivity index (χ2n) is 4.34. The lowest BCUT2D eigenvalue weighted by Crippen LogP contribution is -2.11. The minimum Gasteiger partial charge on any atom is -0.475 e. The van der Waals surface area contributed by atoms with Crippen LogP contribution in [0.2, 0.25) is 0 Å². The molecule has 0 fully saturated rings.